The van der Waals surface area contributed by atoms with Gasteiger partial charge in [0.15, 0.2) is 0 Å². The first-order valence-corrected chi connectivity index (χ1v) is 7.58. The van der Waals surface area contributed by atoms with E-state index in [0.717, 1.165) is 19.4 Å². The average Bonchev–Trinajstić information content (AvgIpc) is 2.39. The molecule has 2 N–H and O–H groups in total. The quantitative estimate of drug-likeness (QED) is 0.921. The van der Waals surface area contributed by atoms with Crippen LogP contribution in [0, 0.1) is 20.8 Å². The molecular formula is C17H26N2O. The van der Waals surface area contributed by atoms with E-state index in [0.29, 0.717) is 6.42 Å². The lowest BCUT2D eigenvalue weighted by Gasteiger charge is -2.40. The summed E-state index contributed by atoms with van der Waals surface area (Å²) >= 11 is 0. The predicted molar refractivity (Wildman–Crippen MR) is 82.6 cm³/mol. The molecule has 3 nitrogen and oxygen atoms in total. The summed E-state index contributed by atoms with van der Waals surface area (Å²) in [4.78, 5) is 14.2. The number of benzene rings is 1. The number of rotatable bonds is 3. The monoisotopic (exact) mass is 274 g/mol. The Morgan fingerprint density at radius 3 is 2.50 bits per heavy atom. The molecule has 2 unspecified atom stereocenters. The van der Waals surface area contributed by atoms with Crippen LogP contribution in [0.1, 0.15) is 54.5 Å². The van der Waals surface area contributed by atoms with Crippen molar-refractivity contribution in [2.45, 2.75) is 59.0 Å². The molecule has 1 aliphatic rings. The van der Waals surface area contributed by atoms with Crippen LogP contribution in [-0.4, -0.2) is 23.4 Å². The van der Waals surface area contributed by atoms with Gasteiger partial charge >= 0.3 is 0 Å². The van der Waals surface area contributed by atoms with Gasteiger partial charge in [-0.3, -0.25) is 4.79 Å². The third-order valence-corrected chi connectivity index (χ3v) is 4.42. The number of nitrogens with two attached hydrogens (primary N) is 1. The molecule has 1 heterocycles. The maximum Gasteiger partial charge on any atom is 0.223 e. The van der Waals surface area contributed by atoms with E-state index < -0.39 is 0 Å². The standard InChI is InChI=1S/C17H26N2O/c1-5-8-19-16(20)7-6-15(18)17(19)14-10-12(3)11(2)9-13(14)4/h9-10,15,17H,5-8,18H2,1-4H3. The van der Waals surface area contributed by atoms with Crippen molar-refractivity contribution in [1.29, 1.82) is 0 Å². The van der Waals surface area contributed by atoms with E-state index in [-0.39, 0.29) is 18.0 Å². The highest BCUT2D eigenvalue weighted by molar-refractivity contribution is 5.78. The van der Waals surface area contributed by atoms with Crippen LogP contribution in [0.5, 0.6) is 0 Å². The Labute approximate surface area is 122 Å². The smallest absolute Gasteiger partial charge is 0.223 e. The summed E-state index contributed by atoms with van der Waals surface area (Å²) in [6, 6.07) is 4.51. The van der Waals surface area contributed by atoms with Crippen molar-refractivity contribution >= 4 is 5.91 Å². The zero-order chi connectivity index (χ0) is 14.9. The van der Waals surface area contributed by atoms with Crippen molar-refractivity contribution in [3.63, 3.8) is 0 Å². The fraction of sp³-hybridized carbons (Fsp3) is 0.588. The van der Waals surface area contributed by atoms with Gasteiger partial charge in [0, 0.05) is 19.0 Å². The molecule has 0 saturated carbocycles. The summed E-state index contributed by atoms with van der Waals surface area (Å²) in [5, 5.41) is 0. The van der Waals surface area contributed by atoms with Crippen molar-refractivity contribution in [3.8, 4) is 0 Å². The zero-order valence-corrected chi connectivity index (χ0v) is 13.1. The van der Waals surface area contributed by atoms with Gasteiger partial charge in [0.2, 0.25) is 5.91 Å². The summed E-state index contributed by atoms with van der Waals surface area (Å²) in [5.74, 6) is 0.246. The predicted octanol–water partition coefficient (Wildman–Crippen LogP) is 3.01. The third kappa shape index (κ3) is 2.73. The third-order valence-electron chi connectivity index (χ3n) is 4.42. The number of likely N-dealkylation sites (tertiary alicyclic amines) is 1. The molecule has 1 amide bonds. The van der Waals surface area contributed by atoms with Gasteiger partial charge < -0.3 is 10.6 Å². The molecule has 2 rings (SSSR count). The van der Waals surface area contributed by atoms with Gasteiger partial charge in [-0.1, -0.05) is 19.1 Å². The lowest BCUT2D eigenvalue weighted by molar-refractivity contribution is -0.137. The van der Waals surface area contributed by atoms with Crippen LogP contribution < -0.4 is 5.73 Å². The minimum absolute atomic E-state index is 0.0375. The Hall–Kier alpha value is -1.35. The van der Waals surface area contributed by atoms with Crippen LogP contribution in [0.25, 0.3) is 0 Å². The van der Waals surface area contributed by atoms with Crippen molar-refractivity contribution < 1.29 is 4.79 Å². The van der Waals surface area contributed by atoms with Crippen molar-refractivity contribution in [3.05, 3.63) is 34.4 Å². The van der Waals surface area contributed by atoms with E-state index in [1.54, 1.807) is 0 Å². The molecule has 1 fully saturated rings. The highest BCUT2D eigenvalue weighted by Crippen LogP contribution is 2.34. The summed E-state index contributed by atoms with van der Waals surface area (Å²) in [6.45, 7) is 9.28. The first-order chi connectivity index (χ1) is 9.45. The minimum Gasteiger partial charge on any atom is -0.334 e. The van der Waals surface area contributed by atoms with E-state index >= 15 is 0 Å². The highest BCUT2D eigenvalue weighted by atomic mass is 16.2. The molecule has 110 valence electrons. The SMILES string of the molecule is CCCN1C(=O)CCC(N)C1c1cc(C)c(C)cc1C. The van der Waals surface area contributed by atoms with E-state index in [2.05, 4.69) is 39.8 Å². The Morgan fingerprint density at radius 2 is 1.85 bits per heavy atom. The van der Waals surface area contributed by atoms with Crippen LogP contribution in [-0.2, 0) is 4.79 Å². The van der Waals surface area contributed by atoms with Crippen molar-refractivity contribution in [2.24, 2.45) is 5.73 Å². The number of aryl methyl sites for hydroxylation is 3. The normalized spacial score (nSPS) is 23.2. The van der Waals surface area contributed by atoms with Gasteiger partial charge in [-0.15, -0.1) is 0 Å². The molecule has 1 saturated heterocycles. The fourth-order valence-corrected chi connectivity index (χ4v) is 3.18. The molecule has 2 atom stereocenters. The average molecular weight is 274 g/mol. The second kappa shape index (κ2) is 5.96. The minimum atomic E-state index is 0.0375. The molecule has 0 aliphatic carbocycles. The molecule has 0 spiro atoms. The van der Waals surface area contributed by atoms with Crippen LogP contribution in [0.15, 0.2) is 12.1 Å². The maximum atomic E-state index is 12.2. The van der Waals surface area contributed by atoms with Gasteiger partial charge in [0.25, 0.3) is 0 Å². The van der Waals surface area contributed by atoms with Gasteiger partial charge in [0.05, 0.1) is 6.04 Å². The Balaban J connectivity index is 2.45. The van der Waals surface area contributed by atoms with Crippen LogP contribution in [0.2, 0.25) is 0 Å². The number of piperidine rings is 1. The van der Waals surface area contributed by atoms with Crippen LogP contribution in [0.4, 0.5) is 0 Å². The molecule has 0 radical (unpaired) electrons. The maximum absolute atomic E-state index is 12.2. The zero-order valence-electron chi connectivity index (χ0n) is 13.1. The van der Waals surface area contributed by atoms with Gasteiger partial charge in [-0.2, -0.15) is 0 Å². The number of carbonyl (C=O) groups is 1. The largest absolute Gasteiger partial charge is 0.334 e. The molecule has 1 aliphatic heterocycles. The van der Waals surface area contributed by atoms with Crippen LogP contribution >= 0.6 is 0 Å². The number of hydrogen-bond acceptors (Lipinski definition) is 2. The second-order valence-corrected chi connectivity index (χ2v) is 6.03. The number of amides is 1. The van der Waals surface area contributed by atoms with Crippen LogP contribution in [0.3, 0.4) is 0 Å². The van der Waals surface area contributed by atoms with Gasteiger partial charge in [-0.05, 0) is 55.9 Å². The summed E-state index contributed by atoms with van der Waals surface area (Å²) < 4.78 is 0. The second-order valence-electron chi connectivity index (χ2n) is 6.03. The van der Waals surface area contributed by atoms with Crippen molar-refractivity contribution in [1.82, 2.24) is 4.90 Å². The van der Waals surface area contributed by atoms with E-state index in [4.69, 9.17) is 5.73 Å². The molecular weight excluding hydrogens is 248 g/mol. The number of hydrogen-bond donors (Lipinski definition) is 1. The molecule has 1 aromatic carbocycles. The van der Waals surface area contributed by atoms with E-state index in [1.165, 1.54) is 22.3 Å². The van der Waals surface area contributed by atoms with E-state index in [9.17, 15) is 4.79 Å². The fourth-order valence-electron chi connectivity index (χ4n) is 3.18. The lowest BCUT2D eigenvalue weighted by atomic mass is 9.86. The number of carbonyl (C=O) groups excluding carboxylic acids is 1. The van der Waals surface area contributed by atoms with Gasteiger partial charge in [0.1, 0.15) is 0 Å². The Bertz CT molecular complexity index is 510. The Morgan fingerprint density at radius 1 is 1.20 bits per heavy atom. The summed E-state index contributed by atoms with van der Waals surface area (Å²) in [6.07, 6.45) is 2.34. The first-order valence-electron chi connectivity index (χ1n) is 7.58. The Kier molecular flexibility index (Phi) is 4.48. The highest BCUT2D eigenvalue weighted by Gasteiger charge is 2.35. The first kappa shape index (κ1) is 15.0. The lowest BCUT2D eigenvalue weighted by Crippen LogP contribution is -2.49. The van der Waals surface area contributed by atoms with Crippen molar-refractivity contribution in [2.75, 3.05) is 6.54 Å². The molecule has 20 heavy (non-hydrogen) atoms. The molecule has 0 aromatic heterocycles. The van der Waals surface area contributed by atoms with E-state index in [1.807, 2.05) is 4.90 Å². The molecule has 1 aromatic rings. The topological polar surface area (TPSA) is 46.3 Å². The summed E-state index contributed by atoms with van der Waals surface area (Å²) in [7, 11) is 0. The summed E-state index contributed by atoms with van der Waals surface area (Å²) in [5.41, 5.74) is 11.4. The number of nitrogens with zero attached hydrogens (tertiary/aromatic N) is 1. The molecule has 3 heteroatoms. The molecule has 0 bridgehead atoms. The van der Waals surface area contributed by atoms with Gasteiger partial charge in [-0.25, -0.2) is 0 Å².